The van der Waals surface area contributed by atoms with Crippen molar-refractivity contribution in [2.75, 3.05) is 0 Å². The molecule has 26 heavy (non-hydrogen) atoms. The lowest BCUT2D eigenvalue weighted by molar-refractivity contribution is -0.143. The largest absolute Gasteiger partial charge is 0.416 e. The minimum Gasteiger partial charge on any atom is -0.368 e. The lowest BCUT2D eigenvalue weighted by atomic mass is 10.0. The van der Waals surface area contributed by atoms with Crippen molar-refractivity contribution < 1.29 is 35.9 Å². The van der Waals surface area contributed by atoms with Gasteiger partial charge in [0.15, 0.2) is 0 Å². The topological polar surface area (TPSA) is 72.2 Å². The number of halogens is 6. The molecule has 1 rings (SSSR count). The second-order valence-electron chi connectivity index (χ2n) is 5.32. The van der Waals surface area contributed by atoms with Crippen LogP contribution in [0.25, 0.3) is 0 Å². The summed E-state index contributed by atoms with van der Waals surface area (Å²) in [6.07, 6.45) is -4.62. The number of carbonyl (C=O) groups excluding carboxylic acids is 2. The Kier molecular flexibility index (Phi) is 6.66. The van der Waals surface area contributed by atoms with Gasteiger partial charge in [-0.25, -0.2) is 0 Å². The summed E-state index contributed by atoms with van der Waals surface area (Å²) in [6.45, 7) is 0. The molecule has 0 heterocycles. The molecule has 1 atom stereocenters. The normalized spacial score (nSPS) is 13.0. The van der Waals surface area contributed by atoms with E-state index >= 15 is 0 Å². The van der Waals surface area contributed by atoms with Crippen LogP contribution in [0.15, 0.2) is 18.2 Å². The standard InChI is InChI=1S/C16H14F6N2O2/c1-2-3-4-5-12(13(23)25)24-14(26)9-6-10(15(17,18)19)8-11(7-9)16(20,21)22/h1,6-8,12H,3-5H2,(H2,23,25)(H,24,26)/t12-/m0/s1. The summed E-state index contributed by atoms with van der Waals surface area (Å²) < 4.78 is 76.8. The molecule has 0 bridgehead atoms. The summed E-state index contributed by atoms with van der Waals surface area (Å²) in [7, 11) is 0. The number of carbonyl (C=O) groups is 2. The van der Waals surface area contributed by atoms with Crippen LogP contribution >= 0.6 is 0 Å². The van der Waals surface area contributed by atoms with E-state index in [0.29, 0.717) is 0 Å². The molecule has 0 saturated heterocycles. The number of unbranched alkanes of at least 4 members (excludes halogenated alkanes) is 1. The number of benzene rings is 1. The van der Waals surface area contributed by atoms with Crippen molar-refractivity contribution in [3.8, 4) is 12.3 Å². The predicted molar refractivity (Wildman–Crippen MR) is 79.6 cm³/mol. The van der Waals surface area contributed by atoms with E-state index in [1.54, 1.807) is 0 Å². The van der Waals surface area contributed by atoms with Gasteiger partial charge >= 0.3 is 12.4 Å². The number of rotatable bonds is 6. The second kappa shape index (κ2) is 8.12. The molecule has 0 aromatic heterocycles. The maximum atomic E-state index is 12.8. The Morgan fingerprint density at radius 1 is 1.08 bits per heavy atom. The van der Waals surface area contributed by atoms with Crippen LogP contribution in [0.1, 0.15) is 40.7 Å². The zero-order chi connectivity index (χ0) is 20.1. The van der Waals surface area contributed by atoms with E-state index < -0.39 is 46.9 Å². The molecule has 10 heteroatoms. The first kappa shape index (κ1) is 21.3. The monoisotopic (exact) mass is 380 g/mol. The van der Waals surface area contributed by atoms with Crippen molar-refractivity contribution in [1.29, 1.82) is 0 Å². The summed E-state index contributed by atoms with van der Waals surface area (Å²) in [5.41, 5.74) is 0.908. The Labute approximate surface area is 144 Å². The average molecular weight is 380 g/mol. The van der Waals surface area contributed by atoms with E-state index in [1.807, 2.05) is 5.32 Å². The number of hydrogen-bond donors (Lipinski definition) is 2. The fourth-order valence-electron chi connectivity index (χ4n) is 2.02. The lowest BCUT2D eigenvalue weighted by Gasteiger charge is -2.17. The predicted octanol–water partition coefficient (Wildman–Crippen LogP) is 3.11. The van der Waals surface area contributed by atoms with Crippen molar-refractivity contribution in [3.63, 3.8) is 0 Å². The van der Waals surface area contributed by atoms with Crippen LogP contribution < -0.4 is 11.1 Å². The first-order chi connectivity index (χ1) is 11.9. The molecule has 0 aliphatic carbocycles. The molecule has 0 unspecified atom stereocenters. The Bertz CT molecular complexity index is 687. The third-order valence-corrected chi connectivity index (χ3v) is 3.31. The van der Waals surface area contributed by atoms with Gasteiger partial charge in [0.1, 0.15) is 6.04 Å². The Morgan fingerprint density at radius 3 is 1.96 bits per heavy atom. The van der Waals surface area contributed by atoms with Crippen LogP contribution in [0.5, 0.6) is 0 Å². The molecule has 4 nitrogen and oxygen atoms in total. The molecule has 1 aromatic carbocycles. The Morgan fingerprint density at radius 2 is 1.58 bits per heavy atom. The summed E-state index contributed by atoms with van der Waals surface area (Å²) in [6, 6.07) is -0.844. The molecule has 0 fully saturated rings. The molecule has 0 saturated carbocycles. The summed E-state index contributed by atoms with van der Waals surface area (Å²) in [4.78, 5) is 23.4. The summed E-state index contributed by atoms with van der Waals surface area (Å²) in [5.74, 6) is 0.00672. The number of primary amides is 1. The fourth-order valence-corrected chi connectivity index (χ4v) is 2.02. The highest BCUT2D eigenvalue weighted by Crippen LogP contribution is 2.36. The second-order valence-corrected chi connectivity index (χ2v) is 5.32. The van der Waals surface area contributed by atoms with E-state index in [1.165, 1.54) is 0 Å². The van der Waals surface area contributed by atoms with E-state index in [4.69, 9.17) is 12.2 Å². The maximum absolute atomic E-state index is 12.8. The number of nitrogens with two attached hydrogens (primary N) is 1. The van der Waals surface area contributed by atoms with Gasteiger partial charge in [-0.05, 0) is 31.0 Å². The lowest BCUT2D eigenvalue weighted by Crippen LogP contribution is -2.44. The van der Waals surface area contributed by atoms with E-state index in [-0.39, 0.29) is 37.5 Å². The highest BCUT2D eigenvalue weighted by molar-refractivity contribution is 5.97. The molecule has 1 aromatic rings. The van der Waals surface area contributed by atoms with Crippen LogP contribution in [0.2, 0.25) is 0 Å². The third-order valence-electron chi connectivity index (χ3n) is 3.31. The van der Waals surface area contributed by atoms with Crippen LogP contribution in [-0.2, 0) is 17.1 Å². The maximum Gasteiger partial charge on any atom is 0.416 e. The molecule has 142 valence electrons. The average Bonchev–Trinajstić information content (AvgIpc) is 2.51. The van der Waals surface area contributed by atoms with Crippen molar-refractivity contribution in [1.82, 2.24) is 5.32 Å². The van der Waals surface area contributed by atoms with Crippen molar-refractivity contribution >= 4 is 11.8 Å². The smallest absolute Gasteiger partial charge is 0.368 e. The number of hydrogen-bond acceptors (Lipinski definition) is 2. The SMILES string of the molecule is C#CCCC[C@H](NC(=O)c1cc(C(F)(F)F)cc(C(F)(F)F)c1)C(N)=O. The summed E-state index contributed by atoms with van der Waals surface area (Å²) >= 11 is 0. The van der Waals surface area contributed by atoms with Gasteiger partial charge in [0.2, 0.25) is 5.91 Å². The fraction of sp³-hybridized carbons (Fsp3) is 0.375. The zero-order valence-electron chi connectivity index (χ0n) is 13.2. The van der Waals surface area contributed by atoms with E-state index in [2.05, 4.69) is 5.92 Å². The van der Waals surface area contributed by atoms with Crippen LogP contribution in [0, 0.1) is 12.3 Å². The van der Waals surface area contributed by atoms with Gasteiger partial charge in [0.25, 0.3) is 5.91 Å². The molecular formula is C16H14F6N2O2. The van der Waals surface area contributed by atoms with Crippen molar-refractivity contribution in [2.45, 2.75) is 37.7 Å². The highest BCUT2D eigenvalue weighted by Gasteiger charge is 2.37. The zero-order valence-corrected chi connectivity index (χ0v) is 13.2. The van der Waals surface area contributed by atoms with Gasteiger partial charge < -0.3 is 11.1 Å². The van der Waals surface area contributed by atoms with Gasteiger partial charge in [-0.3, -0.25) is 9.59 Å². The van der Waals surface area contributed by atoms with E-state index in [9.17, 15) is 35.9 Å². The van der Waals surface area contributed by atoms with Gasteiger partial charge in [0.05, 0.1) is 11.1 Å². The van der Waals surface area contributed by atoms with Gasteiger partial charge in [-0.1, -0.05) is 0 Å². The number of nitrogens with one attached hydrogen (secondary N) is 1. The molecule has 2 amide bonds. The van der Waals surface area contributed by atoms with Crippen LogP contribution in [0.3, 0.4) is 0 Å². The first-order valence-corrected chi connectivity index (χ1v) is 7.19. The van der Waals surface area contributed by atoms with Crippen LogP contribution in [-0.4, -0.2) is 17.9 Å². The highest BCUT2D eigenvalue weighted by atomic mass is 19.4. The molecular weight excluding hydrogens is 366 g/mol. The molecule has 0 spiro atoms. The molecule has 0 aliphatic heterocycles. The number of terminal acetylenes is 1. The molecule has 0 aliphatic rings. The third kappa shape index (κ3) is 5.98. The Balaban J connectivity index is 3.17. The number of amides is 2. The van der Waals surface area contributed by atoms with E-state index in [0.717, 1.165) is 0 Å². The quantitative estimate of drug-likeness (QED) is 0.452. The molecule has 0 radical (unpaired) electrons. The minimum atomic E-state index is -5.09. The molecule has 3 N–H and O–H groups in total. The van der Waals surface area contributed by atoms with Crippen LogP contribution in [0.4, 0.5) is 26.3 Å². The minimum absolute atomic E-state index is 0.00361. The van der Waals surface area contributed by atoms with Gasteiger partial charge in [-0.2, -0.15) is 26.3 Å². The van der Waals surface area contributed by atoms with Crippen molar-refractivity contribution in [3.05, 3.63) is 34.9 Å². The summed E-state index contributed by atoms with van der Waals surface area (Å²) in [5, 5.41) is 2.03. The van der Waals surface area contributed by atoms with Gasteiger partial charge in [0, 0.05) is 12.0 Å². The number of alkyl halides is 6. The Hall–Kier alpha value is -2.70. The first-order valence-electron chi connectivity index (χ1n) is 7.19. The van der Waals surface area contributed by atoms with Crippen molar-refractivity contribution in [2.24, 2.45) is 5.73 Å². The van der Waals surface area contributed by atoms with Gasteiger partial charge in [-0.15, -0.1) is 12.3 Å².